The van der Waals surface area contributed by atoms with Gasteiger partial charge in [-0.25, -0.2) is 0 Å². The standard InChI is InChI=1S/C14H12ClNO2S/c15-12-8-11(5-6-13(12)16)19-10-3-1-9(2-4-10)7-14(17)18/h1-6,8H,7,16H2,(H,17,18). The zero-order chi connectivity index (χ0) is 13.8. The van der Waals surface area contributed by atoms with E-state index in [1.54, 1.807) is 17.8 Å². The van der Waals surface area contributed by atoms with Crippen molar-refractivity contribution in [2.45, 2.75) is 16.2 Å². The highest BCUT2D eigenvalue weighted by atomic mass is 35.5. The second-order valence-corrected chi connectivity index (χ2v) is 5.55. The molecule has 3 N–H and O–H groups in total. The van der Waals surface area contributed by atoms with E-state index in [0.29, 0.717) is 10.7 Å². The molecule has 0 bridgehead atoms. The molecule has 0 unspecified atom stereocenters. The van der Waals surface area contributed by atoms with Crippen LogP contribution < -0.4 is 5.73 Å². The third-order valence-electron chi connectivity index (χ3n) is 2.49. The number of carboxylic acid groups (broad SMARTS) is 1. The summed E-state index contributed by atoms with van der Waals surface area (Å²) in [5.41, 5.74) is 6.99. The minimum Gasteiger partial charge on any atom is -0.481 e. The zero-order valence-corrected chi connectivity index (χ0v) is 11.5. The molecule has 0 fully saturated rings. The minimum absolute atomic E-state index is 0.0403. The average molecular weight is 294 g/mol. The van der Waals surface area contributed by atoms with Crippen LogP contribution in [0.25, 0.3) is 0 Å². The summed E-state index contributed by atoms with van der Waals surface area (Å²) in [5, 5.41) is 9.23. The molecule has 0 heterocycles. The van der Waals surface area contributed by atoms with Crippen LogP contribution in [0.1, 0.15) is 5.56 Å². The second-order valence-electron chi connectivity index (χ2n) is 4.00. The van der Waals surface area contributed by atoms with Crippen molar-refractivity contribution in [3.05, 3.63) is 53.1 Å². The van der Waals surface area contributed by atoms with Gasteiger partial charge in [-0.05, 0) is 35.9 Å². The van der Waals surface area contributed by atoms with Gasteiger partial charge in [-0.15, -0.1) is 0 Å². The van der Waals surface area contributed by atoms with Crippen molar-refractivity contribution < 1.29 is 9.90 Å². The minimum atomic E-state index is -0.828. The maximum Gasteiger partial charge on any atom is 0.307 e. The number of hydrogen-bond donors (Lipinski definition) is 2. The average Bonchev–Trinajstić information content (AvgIpc) is 2.36. The molecule has 19 heavy (non-hydrogen) atoms. The van der Waals surface area contributed by atoms with E-state index in [4.69, 9.17) is 22.4 Å². The number of anilines is 1. The third kappa shape index (κ3) is 3.91. The molecule has 2 aromatic rings. The Kier molecular flexibility index (Phi) is 4.35. The molecule has 0 saturated carbocycles. The third-order valence-corrected chi connectivity index (χ3v) is 3.81. The molecule has 0 aliphatic heterocycles. The number of carboxylic acids is 1. The lowest BCUT2D eigenvalue weighted by Gasteiger charge is -2.05. The fourth-order valence-electron chi connectivity index (χ4n) is 1.56. The Morgan fingerprint density at radius 3 is 2.37 bits per heavy atom. The predicted molar refractivity (Wildman–Crippen MR) is 77.8 cm³/mol. The molecule has 0 amide bonds. The van der Waals surface area contributed by atoms with E-state index in [1.165, 1.54) is 0 Å². The number of benzene rings is 2. The van der Waals surface area contributed by atoms with E-state index in [2.05, 4.69) is 0 Å². The second kappa shape index (κ2) is 5.99. The van der Waals surface area contributed by atoms with Gasteiger partial charge in [-0.1, -0.05) is 35.5 Å². The Labute approximate surface area is 120 Å². The van der Waals surface area contributed by atoms with Crippen molar-refractivity contribution in [3.63, 3.8) is 0 Å². The summed E-state index contributed by atoms with van der Waals surface area (Å²) in [6.07, 6.45) is 0.0403. The van der Waals surface area contributed by atoms with Gasteiger partial charge >= 0.3 is 5.97 Å². The van der Waals surface area contributed by atoms with Crippen LogP contribution in [0.2, 0.25) is 5.02 Å². The van der Waals surface area contributed by atoms with Gasteiger partial charge in [0.2, 0.25) is 0 Å². The molecule has 0 radical (unpaired) electrons. The molecule has 0 saturated heterocycles. The number of nitrogen functional groups attached to an aromatic ring is 1. The van der Waals surface area contributed by atoms with Gasteiger partial charge in [0, 0.05) is 9.79 Å². The summed E-state index contributed by atoms with van der Waals surface area (Å²) in [7, 11) is 0. The van der Waals surface area contributed by atoms with E-state index in [1.807, 2.05) is 36.4 Å². The van der Waals surface area contributed by atoms with Crippen LogP contribution in [0.4, 0.5) is 5.69 Å². The molecule has 98 valence electrons. The normalized spacial score (nSPS) is 10.4. The molecule has 0 aromatic heterocycles. The number of hydrogen-bond acceptors (Lipinski definition) is 3. The molecule has 0 aliphatic rings. The SMILES string of the molecule is Nc1ccc(Sc2ccc(CC(=O)O)cc2)cc1Cl. The van der Waals surface area contributed by atoms with E-state index >= 15 is 0 Å². The van der Waals surface area contributed by atoms with E-state index in [0.717, 1.165) is 15.4 Å². The highest BCUT2D eigenvalue weighted by Gasteiger charge is 2.03. The molecule has 3 nitrogen and oxygen atoms in total. The maximum atomic E-state index is 10.6. The number of rotatable bonds is 4. The van der Waals surface area contributed by atoms with Crippen LogP contribution >= 0.6 is 23.4 Å². The van der Waals surface area contributed by atoms with E-state index < -0.39 is 5.97 Å². The van der Waals surface area contributed by atoms with Crippen molar-refractivity contribution in [2.24, 2.45) is 0 Å². The van der Waals surface area contributed by atoms with Gasteiger partial charge in [-0.3, -0.25) is 4.79 Å². The Hall–Kier alpha value is -1.65. The lowest BCUT2D eigenvalue weighted by molar-refractivity contribution is -0.136. The van der Waals surface area contributed by atoms with Crippen molar-refractivity contribution in [3.8, 4) is 0 Å². The fraction of sp³-hybridized carbons (Fsp3) is 0.0714. The maximum absolute atomic E-state index is 10.6. The first-order chi connectivity index (χ1) is 9.04. The molecule has 0 spiro atoms. The first-order valence-corrected chi connectivity index (χ1v) is 6.77. The fourth-order valence-corrected chi connectivity index (χ4v) is 2.66. The van der Waals surface area contributed by atoms with E-state index in [9.17, 15) is 4.79 Å². The Balaban J connectivity index is 2.10. The van der Waals surface area contributed by atoms with Crippen LogP contribution in [0.3, 0.4) is 0 Å². The van der Waals surface area contributed by atoms with Crippen LogP contribution in [0.5, 0.6) is 0 Å². The molecule has 0 aliphatic carbocycles. The predicted octanol–water partition coefficient (Wildman–Crippen LogP) is 3.70. The highest BCUT2D eigenvalue weighted by molar-refractivity contribution is 7.99. The van der Waals surface area contributed by atoms with E-state index in [-0.39, 0.29) is 6.42 Å². The first-order valence-electron chi connectivity index (χ1n) is 5.58. The Bertz CT molecular complexity index is 599. The highest BCUT2D eigenvalue weighted by Crippen LogP contribution is 2.31. The van der Waals surface area contributed by atoms with Crippen LogP contribution in [-0.2, 0) is 11.2 Å². The number of halogens is 1. The van der Waals surface area contributed by atoms with Gasteiger partial charge in [0.25, 0.3) is 0 Å². The monoisotopic (exact) mass is 293 g/mol. The summed E-state index contributed by atoms with van der Waals surface area (Å²) in [5.74, 6) is -0.828. The summed E-state index contributed by atoms with van der Waals surface area (Å²) in [4.78, 5) is 12.6. The summed E-state index contributed by atoms with van der Waals surface area (Å²) >= 11 is 7.51. The quantitative estimate of drug-likeness (QED) is 0.844. The largest absolute Gasteiger partial charge is 0.481 e. The summed E-state index contributed by atoms with van der Waals surface area (Å²) in [6.45, 7) is 0. The van der Waals surface area contributed by atoms with Gasteiger partial charge < -0.3 is 10.8 Å². The zero-order valence-electron chi connectivity index (χ0n) is 9.97. The summed E-state index contributed by atoms with van der Waals surface area (Å²) in [6, 6.07) is 12.9. The van der Waals surface area contributed by atoms with Gasteiger partial charge in [0.1, 0.15) is 0 Å². The number of aliphatic carboxylic acids is 1. The topological polar surface area (TPSA) is 63.3 Å². The van der Waals surface area contributed by atoms with Crippen molar-refractivity contribution in [1.82, 2.24) is 0 Å². The molecular formula is C14H12ClNO2S. The Morgan fingerprint density at radius 2 is 1.79 bits per heavy atom. The van der Waals surface area contributed by atoms with Crippen molar-refractivity contribution >= 4 is 35.0 Å². The molecule has 2 aromatic carbocycles. The van der Waals surface area contributed by atoms with Gasteiger partial charge in [0.05, 0.1) is 17.1 Å². The molecule has 5 heteroatoms. The van der Waals surface area contributed by atoms with Crippen LogP contribution in [0, 0.1) is 0 Å². The molecular weight excluding hydrogens is 282 g/mol. The Morgan fingerprint density at radius 1 is 1.16 bits per heavy atom. The van der Waals surface area contributed by atoms with Crippen molar-refractivity contribution in [1.29, 1.82) is 0 Å². The number of carbonyl (C=O) groups is 1. The molecule has 2 rings (SSSR count). The van der Waals surface area contributed by atoms with Crippen LogP contribution in [0.15, 0.2) is 52.3 Å². The first kappa shape index (κ1) is 13.8. The van der Waals surface area contributed by atoms with Gasteiger partial charge in [0.15, 0.2) is 0 Å². The lowest BCUT2D eigenvalue weighted by atomic mass is 10.2. The summed E-state index contributed by atoms with van der Waals surface area (Å²) < 4.78 is 0. The van der Waals surface area contributed by atoms with Gasteiger partial charge in [-0.2, -0.15) is 0 Å². The number of nitrogens with two attached hydrogens (primary N) is 1. The molecule has 0 atom stereocenters. The van der Waals surface area contributed by atoms with Crippen LogP contribution in [-0.4, -0.2) is 11.1 Å². The lowest BCUT2D eigenvalue weighted by Crippen LogP contribution is -1.99. The smallest absolute Gasteiger partial charge is 0.307 e. The van der Waals surface area contributed by atoms with Crippen molar-refractivity contribution in [2.75, 3.05) is 5.73 Å².